The van der Waals surface area contributed by atoms with Crippen molar-refractivity contribution in [3.05, 3.63) is 29.3 Å². The Balaban J connectivity index is 2.46. The highest BCUT2D eigenvalue weighted by Crippen LogP contribution is 2.34. The SMILES string of the molecule is COC(=O)[C@H]1O[C@@H](Oc2ccc(C=O)cc2C(=O)OCC[Si](C)(C)C)[C@H](OC(C)=O)[C@@H](OC(C)=O)[C@@H]1C. The summed E-state index contributed by atoms with van der Waals surface area (Å²) in [5.74, 6) is -3.71. The molecule has 0 radical (unpaired) electrons. The fraction of sp³-hybridized carbons (Fsp3) is 0.560. The summed E-state index contributed by atoms with van der Waals surface area (Å²) in [5, 5.41) is 0. The number of carbonyl (C=O) groups is 5. The van der Waals surface area contributed by atoms with Crippen molar-refractivity contribution in [2.75, 3.05) is 13.7 Å². The van der Waals surface area contributed by atoms with Crippen LogP contribution in [0.4, 0.5) is 0 Å². The average molecular weight is 539 g/mol. The zero-order valence-corrected chi connectivity index (χ0v) is 23.1. The molecule has 11 nitrogen and oxygen atoms in total. The van der Waals surface area contributed by atoms with Gasteiger partial charge >= 0.3 is 23.9 Å². The molecule has 37 heavy (non-hydrogen) atoms. The maximum atomic E-state index is 12.9. The second-order valence-electron chi connectivity index (χ2n) is 9.89. The van der Waals surface area contributed by atoms with Gasteiger partial charge in [-0.05, 0) is 24.2 Å². The van der Waals surface area contributed by atoms with Crippen LogP contribution in [0.3, 0.4) is 0 Å². The maximum absolute atomic E-state index is 12.9. The molecule has 0 aliphatic carbocycles. The van der Waals surface area contributed by atoms with E-state index in [0.717, 1.165) is 13.0 Å². The van der Waals surface area contributed by atoms with Gasteiger partial charge in [-0.1, -0.05) is 26.6 Å². The molecular formula is C25H34O11Si. The molecule has 0 aromatic heterocycles. The quantitative estimate of drug-likeness (QED) is 0.188. The fourth-order valence-electron chi connectivity index (χ4n) is 3.67. The van der Waals surface area contributed by atoms with Crippen molar-refractivity contribution in [1.29, 1.82) is 0 Å². The molecule has 0 saturated carbocycles. The lowest BCUT2D eigenvalue weighted by Crippen LogP contribution is -2.60. The molecule has 1 saturated heterocycles. The Morgan fingerprint density at radius 1 is 1.03 bits per heavy atom. The minimum absolute atomic E-state index is 0.0505. The second kappa shape index (κ2) is 12.8. The molecule has 1 aromatic carbocycles. The van der Waals surface area contributed by atoms with E-state index in [4.69, 9.17) is 28.4 Å². The van der Waals surface area contributed by atoms with E-state index in [0.29, 0.717) is 6.29 Å². The van der Waals surface area contributed by atoms with Crippen LogP contribution in [0.2, 0.25) is 25.7 Å². The Morgan fingerprint density at radius 2 is 1.65 bits per heavy atom. The van der Waals surface area contributed by atoms with E-state index in [2.05, 4.69) is 19.6 Å². The van der Waals surface area contributed by atoms with Crippen molar-refractivity contribution in [3.8, 4) is 5.75 Å². The summed E-state index contributed by atoms with van der Waals surface area (Å²) in [5.41, 5.74) is 0.132. The first-order valence-corrected chi connectivity index (χ1v) is 15.5. The van der Waals surface area contributed by atoms with Crippen LogP contribution in [-0.4, -0.2) is 76.6 Å². The van der Waals surface area contributed by atoms with Gasteiger partial charge in [-0.15, -0.1) is 0 Å². The van der Waals surface area contributed by atoms with Crippen LogP contribution < -0.4 is 4.74 Å². The van der Waals surface area contributed by atoms with Gasteiger partial charge in [-0.2, -0.15) is 0 Å². The third kappa shape index (κ3) is 8.39. The Bertz CT molecular complexity index is 1020. The predicted octanol–water partition coefficient (Wildman–Crippen LogP) is 2.77. The predicted molar refractivity (Wildman–Crippen MR) is 132 cm³/mol. The van der Waals surface area contributed by atoms with Gasteiger partial charge in [0.05, 0.1) is 13.7 Å². The third-order valence-electron chi connectivity index (χ3n) is 5.59. The molecule has 5 atom stereocenters. The Kier molecular flexibility index (Phi) is 10.4. The van der Waals surface area contributed by atoms with Crippen LogP contribution in [0.1, 0.15) is 41.5 Å². The van der Waals surface area contributed by atoms with E-state index in [1.165, 1.54) is 32.2 Å². The molecule has 0 bridgehead atoms. The van der Waals surface area contributed by atoms with E-state index >= 15 is 0 Å². The van der Waals surface area contributed by atoms with Crippen molar-refractivity contribution < 1.29 is 52.4 Å². The molecule has 1 aliphatic heterocycles. The molecule has 0 unspecified atom stereocenters. The number of aldehydes is 1. The molecule has 0 amide bonds. The average Bonchev–Trinajstić information content (AvgIpc) is 2.81. The summed E-state index contributed by atoms with van der Waals surface area (Å²) in [6, 6.07) is 4.80. The minimum Gasteiger partial charge on any atom is -0.467 e. The number of hydrogen-bond donors (Lipinski definition) is 0. The van der Waals surface area contributed by atoms with Gasteiger partial charge in [0.2, 0.25) is 12.4 Å². The first-order chi connectivity index (χ1) is 17.3. The van der Waals surface area contributed by atoms with Crippen molar-refractivity contribution >= 4 is 38.2 Å². The molecule has 1 heterocycles. The van der Waals surface area contributed by atoms with Gasteiger partial charge in [0.1, 0.15) is 17.6 Å². The first-order valence-electron chi connectivity index (χ1n) is 11.8. The van der Waals surface area contributed by atoms with E-state index in [9.17, 15) is 24.0 Å². The number of rotatable bonds is 10. The van der Waals surface area contributed by atoms with E-state index < -0.39 is 62.5 Å². The molecule has 204 valence electrons. The van der Waals surface area contributed by atoms with Crippen LogP contribution in [0.5, 0.6) is 5.75 Å². The minimum atomic E-state index is -1.48. The molecule has 1 aromatic rings. The van der Waals surface area contributed by atoms with E-state index in [-0.39, 0.29) is 23.5 Å². The van der Waals surface area contributed by atoms with Crippen LogP contribution in [0.15, 0.2) is 18.2 Å². The lowest BCUT2D eigenvalue weighted by Gasteiger charge is -2.42. The highest BCUT2D eigenvalue weighted by atomic mass is 28.3. The molecule has 0 spiro atoms. The van der Waals surface area contributed by atoms with Gasteiger partial charge in [0.15, 0.2) is 12.2 Å². The monoisotopic (exact) mass is 538 g/mol. The van der Waals surface area contributed by atoms with Crippen molar-refractivity contribution in [2.24, 2.45) is 5.92 Å². The number of ether oxygens (including phenoxy) is 6. The molecular weight excluding hydrogens is 504 g/mol. The smallest absolute Gasteiger partial charge is 0.341 e. The maximum Gasteiger partial charge on any atom is 0.341 e. The van der Waals surface area contributed by atoms with Crippen molar-refractivity contribution in [1.82, 2.24) is 0 Å². The third-order valence-corrected chi connectivity index (χ3v) is 7.30. The molecule has 0 N–H and O–H groups in total. The zero-order chi connectivity index (χ0) is 27.9. The highest BCUT2D eigenvalue weighted by molar-refractivity contribution is 6.76. The summed E-state index contributed by atoms with van der Waals surface area (Å²) in [4.78, 5) is 60.5. The van der Waals surface area contributed by atoms with Gasteiger partial charge < -0.3 is 28.4 Å². The van der Waals surface area contributed by atoms with Gasteiger partial charge in [-0.3, -0.25) is 14.4 Å². The van der Waals surface area contributed by atoms with E-state index in [1.54, 1.807) is 6.92 Å². The standard InChI is InChI=1S/C25H34O11Si/c1-14-20(33-15(2)27)22(34-16(3)28)25(36-21(14)24(30)31-4)35-19-9-8-17(13-26)12-18(19)23(29)32-10-11-37(5,6)7/h8-9,12-14,20-22,25H,10-11H2,1-7H3/t14-,20-,21-,22+,25+/m0/s1. The summed E-state index contributed by atoms with van der Waals surface area (Å²) < 4.78 is 32.8. The Labute approximate surface area is 216 Å². The van der Waals surface area contributed by atoms with Gasteiger partial charge in [0, 0.05) is 33.4 Å². The van der Waals surface area contributed by atoms with Crippen LogP contribution >= 0.6 is 0 Å². The number of esters is 4. The van der Waals surface area contributed by atoms with Crippen molar-refractivity contribution in [3.63, 3.8) is 0 Å². The van der Waals surface area contributed by atoms with Crippen molar-refractivity contribution in [2.45, 2.75) is 71.1 Å². The molecule has 2 rings (SSSR count). The zero-order valence-electron chi connectivity index (χ0n) is 22.1. The second-order valence-corrected chi connectivity index (χ2v) is 15.5. The number of hydrogen-bond acceptors (Lipinski definition) is 11. The molecule has 12 heteroatoms. The van der Waals surface area contributed by atoms with Crippen LogP contribution in [0, 0.1) is 5.92 Å². The fourth-order valence-corrected chi connectivity index (χ4v) is 4.38. The highest BCUT2D eigenvalue weighted by Gasteiger charge is 2.52. The lowest BCUT2D eigenvalue weighted by molar-refractivity contribution is -0.266. The van der Waals surface area contributed by atoms with Crippen LogP contribution in [0.25, 0.3) is 0 Å². The topological polar surface area (TPSA) is 141 Å². The van der Waals surface area contributed by atoms with Crippen LogP contribution in [-0.2, 0) is 38.1 Å². The molecule has 1 fully saturated rings. The Morgan fingerprint density at radius 3 is 2.19 bits per heavy atom. The number of methoxy groups -OCH3 is 1. The molecule has 1 aliphatic rings. The lowest BCUT2D eigenvalue weighted by atomic mass is 9.90. The largest absolute Gasteiger partial charge is 0.467 e. The Hall–Kier alpha value is -3.25. The summed E-state index contributed by atoms with van der Waals surface area (Å²) in [6.45, 7) is 10.5. The van der Waals surface area contributed by atoms with Gasteiger partial charge in [0.25, 0.3) is 0 Å². The number of carbonyl (C=O) groups excluding carboxylic acids is 5. The summed E-state index contributed by atoms with van der Waals surface area (Å²) >= 11 is 0. The van der Waals surface area contributed by atoms with Gasteiger partial charge in [-0.25, -0.2) is 9.59 Å². The first kappa shape index (κ1) is 30.0. The van der Waals surface area contributed by atoms with E-state index in [1.807, 2.05) is 0 Å². The number of benzene rings is 1. The normalized spacial score (nSPS) is 23.4. The summed E-state index contributed by atoms with van der Waals surface area (Å²) in [6.07, 6.45) is -4.59. The summed E-state index contributed by atoms with van der Waals surface area (Å²) in [7, 11) is -0.318.